The molecule has 2 aliphatic rings. The minimum absolute atomic E-state index is 0. The van der Waals surface area contributed by atoms with Crippen molar-refractivity contribution in [2.45, 2.75) is 44.4 Å². The molecular formula is C18H25ClN4O2S2. The molecule has 1 unspecified atom stereocenters. The predicted molar refractivity (Wildman–Crippen MR) is 114 cm³/mol. The van der Waals surface area contributed by atoms with Gasteiger partial charge in [0, 0.05) is 42.7 Å². The van der Waals surface area contributed by atoms with E-state index in [1.165, 1.54) is 10.4 Å². The molecule has 1 aliphatic carbocycles. The third-order valence-electron chi connectivity index (χ3n) is 5.14. The molecule has 1 aliphatic heterocycles. The molecule has 2 N–H and O–H groups in total. The normalized spacial score (nSPS) is 19.1. The molecule has 3 heterocycles. The Hall–Kier alpha value is -1.09. The number of nitrogens with one attached hydrogen (secondary N) is 2. The van der Waals surface area contributed by atoms with Crippen LogP contribution in [0, 0.1) is 0 Å². The van der Waals surface area contributed by atoms with E-state index in [4.69, 9.17) is 0 Å². The predicted octanol–water partition coefficient (Wildman–Crippen LogP) is 2.34. The maximum Gasteiger partial charge on any atom is 0.259 e. The van der Waals surface area contributed by atoms with Gasteiger partial charge in [-0.05, 0) is 31.7 Å². The van der Waals surface area contributed by atoms with Crippen LogP contribution in [0.2, 0.25) is 0 Å². The second-order valence-corrected chi connectivity index (χ2v) is 9.18. The lowest BCUT2D eigenvalue weighted by Gasteiger charge is -2.34. The van der Waals surface area contributed by atoms with Crippen LogP contribution in [0.15, 0.2) is 4.79 Å². The minimum atomic E-state index is -0.00396. The number of hydrogen-bond acceptors (Lipinski definition) is 6. The van der Waals surface area contributed by atoms with Gasteiger partial charge >= 0.3 is 0 Å². The lowest BCUT2D eigenvalue weighted by molar-refractivity contribution is -0.133. The van der Waals surface area contributed by atoms with Crippen LogP contribution in [0.3, 0.4) is 0 Å². The fourth-order valence-electron chi connectivity index (χ4n) is 3.80. The molecule has 0 spiro atoms. The van der Waals surface area contributed by atoms with Crippen molar-refractivity contribution in [3.05, 3.63) is 26.6 Å². The standard InChI is InChI=1S/C18H24N4O2S2.ClH/c1-11-9-19-6-7-22(11)15(23)5-8-25-10-14-20-17(24)16-12-3-2-4-13(12)26-18(16)21-14;/h11,19H,2-10H2,1H3,(H,20,21,24);1H. The number of nitrogens with zero attached hydrogens (tertiary/aromatic N) is 2. The van der Waals surface area contributed by atoms with Gasteiger partial charge in [-0.25, -0.2) is 4.98 Å². The Bertz CT molecular complexity index is 882. The van der Waals surface area contributed by atoms with Gasteiger partial charge in [-0.15, -0.1) is 23.7 Å². The Morgan fingerprint density at radius 1 is 1.41 bits per heavy atom. The number of rotatable bonds is 5. The molecular weight excluding hydrogens is 404 g/mol. The maximum atomic E-state index is 12.4. The average molecular weight is 429 g/mol. The summed E-state index contributed by atoms with van der Waals surface area (Å²) in [4.78, 5) is 36.6. The smallest absolute Gasteiger partial charge is 0.259 e. The first-order chi connectivity index (χ1) is 12.6. The maximum absolute atomic E-state index is 12.4. The van der Waals surface area contributed by atoms with E-state index in [9.17, 15) is 9.59 Å². The first kappa shape index (κ1) is 20.6. The van der Waals surface area contributed by atoms with E-state index < -0.39 is 0 Å². The molecule has 6 nitrogen and oxygen atoms in total. The largest absolute Gasteiger partial charge is 0.337 e. The van der Waals surface area contributed by atoms with Crippen molar-refractivity contribution >= 4 is 51.6 Å². The number of halogens is 1. The summed E-state index contributed by atoms with van der Waals surface area (Å²) in [5, 5.41) is 4.11. The zero-order valence-corrected chi connectivity index (χ0v) is 17.8. The summed E-state index contributed by atoms with van der Waals surface area (Å²) in [5.74, 6) is 2.32. The van der Waals surface area contributed by atoms with E-state index in [2.05, 4.69) is 22.2 Å². The van der Waals surface area contributed by atoms with Crippen molar-refractivity contribution in [3.8, 4) is 0 Å². The number of amides is 1. The van der Waals surface area contributed by atoms with Crippen molar-refractivity contribution < 1.29 is 4.79 Å². The van der Waals surface area contributed by atoms with Crippen LogP contribution in [0.25, 0.3) is 10.2 Å². The van der Waals surface area contributed by atoms with Gasteiger partial charge in [0.1, 0.15) is 10.7 Å². The average Bonchev–Trinajstić information content (AvgIpc) is 3.19. The molecule has 148 valence electrons. The summed E-state index contributed by atoms with van der Waals surface area (Å²) in [6.45, 7) is 4.62. The van der Waals surface area contributed by atoms with E-state index in [1.807, 2.05) is 4.90 Å². The highest BCUT2D eigenvalue weighted by Gasteiger charge is 2.23. The molecule has 0 radical (unpaired) electrons. The van der Waals surface area contributed by atoms with Gasteiger partial charge in [-0.3, -0.25) is 9.59 Å². The number of aromatic amines is 1. The molecule has 2 aromatic rings. The number of H-pyrrole nitrogens is 1. The number of fused-ring (bicyclic) bond motifs is 3. The van der Waals surface area contributed by atoms with Crippen LogP contribution in [-0.2, 0) is 23.4 Å². The molecule has 0 aromatic carbocycles. The topological polar surface area (TPSA) is 78.1 Å². The number of thioether (sulfide) groups is 1. The van der Waals surface area contributed by atoms with E-state index in [0.717, 1.165) is 60.7 Å². The Morgan fingerprint density at radius 2 is 2.26 bits per heavy atom. The monoisotopic (exact) mass is 428 g/mol. The first-order valence-corrected chi connectivity index (χ1v) is 11.2. The molecule has 9 heteroatoms. The SMILES string of the molecule is CC1CNCCN1C(=O)CCSCc1nc2sc3c(c2c(=O)[nH]1)CCC3.Cl. The summed E-state index contributed by atoms with van der Waals surface area (Å²) in [7, 11) is 0. The fourth-order valence-corrected chi connectivity index (χ4v) is 5.87. The highest BCUT2D eigenvalue weighted by atomic mass is 35.5. The van der Waals surface area contributed by atoms with Crippen LogP contribution in [0.4, 0.5) is 0 Å². The molecule has 4 rings (SSSR count). The van der Waals surface area contributed by atoms with Gasteiger partial charge in [0.05, 0.1) is 11.1 Å². The molecule has 2 aromatic heterocycles. The minimum Gasteiger partial charge on any atom is -0.337 e. The van der Waals surface area contributed by atoms with E-state index >= 15 is 0 Å². The van der Waals surface area contributed by atoms with E-state index in [-0.39, 0.29) is 29.9 Å². The Kier molecular flexibility index (Phi) is 6.83. The van der Waals surface area contributed by atoms with Crippen LogP contribution in [0.1, 0.15) is 36.0 Å². The van der Waals surface area contributed by atoms with Crippen molar-refractivity contribution in [1.82, 2.24) is 20.2 Å². The number of aryl methyl sites for hydroxylation is 2. The fraction of sp³-hybridized carbons (Fsp3) is 0.611. The number of hydrogen-bond donors (Lipinski definition) is 2. The Labute approximate surface area is 172 Å². The van der Waals surface area contributed by atoms with Gasteiger partial charge in [0.15, 0.2) is 0 Å². The van der Waals surface area contributed by atoms with E-state index in [1.54, 1.807) is 23.1 Å². The molecule has 1 saturated heterocycles. The quantitative estimate of drug-likeness (QED) is 0.714. The third kappa shape index (κ3) is 4.34. The summed E-state index contributed by atoms with van der Waals surface area (Å²) in [6, 6.07) is 0.266. The van der Waals surface area contributed by atoms with Gasteiger partial charge in [-0.2, -0.15) is 11.8 Å². The Balaban J connectivity index is 0.00000210. The second kappa shape index (κ2) is 8.94. The van der Waals surface area contributed by atoms with Crippen LogP contribution in [0.5, 0.6) is 0 Å². The number of thiophene rings is 1. The number of carbonyl (C=O) groups is 1. The van der Waals surface area contributed by atoms with Crippen molar-refractivity contribution in [3.63, 3.8) is 0 Å². The molecule has 1 atom stereocenters. The zero-order chi connectivity index (χ0) is 18.1. The summed E-state index contributed by atoms with van der Waals surface area (Å²) < 4.78 is 0. The van der Waals surface area contributed by atoms with E-state index in [0.29, 0.717) is 12.2 Å². The number of carbonyl (C=O) groups excluding carboxylic acids is 1. The lowest BCUT2D eigenvalue weighted by Crippen LogP contribution is -2.52. The number of piperazine rings is 1. The zero-order valence-electron chi connectivity index (χ0n) is 15.4. The van der Waals surface area contributed by atoms with Gasteiger partial charge in [0.2, 0.25) is 5.91 Å². The van der Waals surface area contributed by atoms with Crippen molar-refractivity contribution in [1.29, 1.82) is 0 Å². The van der Waals surface area contributed by atoms with Gasteiger partial charge in [0.25, 0.3) is 5.56 Å². The molecule has 1 fully saturated rings. The van der Waals surface area contributed by atoms with Gasteiger partial charge in [-0.1, -0.05) is 0 Å². The number of aromatic nitrogens is 2. The van der Waals surface area contributed by atoms with Crippen molar-refractivity contribution in [2.75, 3.05) is 25.4 Å². The van der Waals surface area contributed by atoms with Crippen LogP contribution < -0.4 is 10.9 Å². The molecule has 0 bridgehead atoms. The van der Waals surface area contributed by atoms with Crippen LogP contribution >= 0.6 is 35.5 Å². The van der Waals surface area contributed by atoms with Gasteiger partial charge < -0.3 is 15.2 Å². The highest BCUT2D eigenvalue weighted by Crippen LogP contribution is 2.34. The summed E-state index contributed by atoms with van der Waals surface area (Å²) in [6.07, 6.45) is 3.76. The molecule has 27 heavy (non-hydrogen) atoms. The lowest BCUT2D eigenvalue weighted by atomic mass is 10.2. The van der Waals surface area contributed by atoms with Crippen LogP contribution in [-0.4, -0.2) is 52.2 Å². The summed E-state index contributed by atoms with van der Waals surface area (Å²) in [5.41, 5.74) is 1.21. The molecule has 0 saturated carbocycles. The Morgan fingerprint density at radius 3 is 3.07 bits per heavy atom. The second-order valence-electron chi connectivity index (χ2n) is 6.99. The summed E-state index contributed by atoms with van der Waals surface area (Å²) >= 11 is 3.33. The highest BCUT2D eigenvalue weighted by molar-refractivity contribution is 7.98. The third-order valence-corrected chi connectivity index (χ3v) is 7.30. The first-order valence-electron chi connectivity index (χ1n) is 9.25. The van der Waals surface area contributed by atoms with Crippen molar-refractivity contribution in [2.24, 2.45) is 0 Å². The molecule has 1 amide bonds.